The van der Waals surface area contributed by atoms with E-state index in [0.29, 0.717) is 5.41 Å². The number of rotatable bonds is 0. The van der Waals surface area contributed by atoms with Crippen molar-refractivity contribution >= 4 is 0 Å². The van der Waals surface area contributed by atoms with Gasteiger partial charge in [-0.2, -0.15) is 0 Å². The summed E-state index contributed by atoms with van der Waals surface area (Å²) in [5.74, 6) is 1.74. The van der Waals surface area contributed by atoms with Crippen LogP contribution < -0.4 is 5.32 Å². The largest absolute Gasteiger partial charge is 0.312 e. The van der Waals surface area contributed by atoms with Crippen LogP contribution in [0.15, 0.2) is 24.3 Å². The summed E-state index contributed by atoms with van der Waals surface area (Å²) < 4.78 is 0. The van der Waals surface area contributed by atoms with Crippen LogP contribution >= 0.6 is 0 Å². The molecule has 1 aromatic rings. The van der Waals surface area contributed by atoms with E-state index in [1.165, 1.54) is 24.9 Å². The molecule has 1 saturated carbocycles. The molecule has 1 aliphatic carbocycles. The van der Waals surface area contributed by atoms with Gasteiger partial charge in [0.05, 0.1) is 0 Å². The summed E-state index contributed by atoms with van der Waals surface area (Å²) in [6, 6.07) is 9.03. The number of fused-ring (bicyclic) bond motifs is 2. The minimum absolute atomic E-state index is 0.438. The Bertz CT molecular complexity index is 386. The van der Waals surface area contributed by atoms with Gasteiger partial charge in [-0.25, -0.2) is 0 Å². The molecule has 1 fully saturated rings. The maximum atomic E-state index is 3.61. The van der Waals surface area contributed by atoms with Crippen LogP contribution in [0.4, 0.5) is 0 Å². The lowest BCUT2D eigenvalue weighted by molar-refractivity contribution is 0.363. The van der Waals surface area contributed by atoms with E-state index in [9.17, 15) is 0 Å². The first-order chi connectivity index (χ1) is 7.71. The Balaban J connectivity index is 2.05. The van der Waals surface area contributed by atoms with E-state index in [2.05, 4.69) is 43.4 Å². The van der Waals surface area contributed by atoms with E-state index in [1.54, 1.807) is 5.56 Å². The zero-order chi connectivity index (χ0) is 11.2. The second-order valence-electron chi connectivity index (χ2n) is 5.90. The summed E-state index contributed by atoms with van der Waals surface area (Å²) in [6.45, 7) is 7.06. The highest BCUT2D eigenvalue weighted by Crippen LogP contribution is 2.48. The lowest BCUT2D eigenvalue weighted by Gasteiger charge is -2.36. The highest BCUT2D eigenvalue weighted by atomic mass is 14.9. The van der Waals surface area contributed by atoms with Gasteiger partial charge in [0.15, 0.2) is 0 Å². The van der Waals surface area contributed by atoms with Crippen molar-refractivity contribution in [1.82, 2.24) is 5.32 Å². The van der Waals surface area contributed by atoms with Gasteiger partial charge in [-0.3, -0.25) is 0 Å². The lowest BCUT2D eigenvalue weighted by Crippen LogP contribution is -2.41. The van der Waals surface area contributed by atoms with Gasteiger partial charge < -0.3 is 5.32 Å². The molecule has 86 valence electrons. The third-order valence-corrected chi connectivity index (χ3v) is 4.76. The highest BCUT2D eigenvalue weighted by Gasteiger charge is 2.44. The van der Waals surface area contributed by atoms with Crippen molar-refractivity contribution in [3.8, 4) is 0 Å². The molecule has 1 N–H and O–H groups in total. The molecule has 16 heavy (non-hydrogen) atoms. The third kappa shape index (κ3) is 1.41. The van der Waals surface area contributed by atoms with E-state index >= 15 is 0 Å². The molecule has 3 rings (SSSR count). The van der Waals surface area contributed by atoms with Crippen LogP contribution in [0.5, 0.6) is 0 Å². The van der Waals surface area contributed by atoms with E-state index in [-0.39, 0.29) is 0 Å². The second-order valence-corrected chi connectivity index (χ2v) is 5.90. The minimum atomic E-state index is 0.438. The van der Waals surface area contributed by atoms with Crippen LogP contribution in [-0.2, 0) is 12.0 Å². The number of hydrogen-bond acceptors (Lipinski definition) is 1. The van der Waals surface area contributed by atoms with Crippen molar-refractivity contribution in [1.29, 1.82) is 0 Å². The summed E-state index contributed by atoms with van der Waals surface area (Å²) >= 11 is 0. The van der Waals surface area contributed by atoms with E-state index in [4.69, 9.17) is 0 Å². The molecule has 0 amide bonds. The van der Waals surface area contributed by atoms with Crippen molar-refractivity contribution in [2.45, 2.75) is 38.6 Å². The van der Waals surface area contributed by atoms with E-state index in [1.807, 2.05) is 0 Å². The van der Waals surface area contributed by atoms with Gasteiger partial charge in [0.1, 0.15) is 0 Å². The van der Waals surface area contributed by atoms with Crippen molar-refractivity contribution < 1.29 is 0 Å². The van der Waals surface area contributed by atoms with Crippen LogP contribution in [0.25, 0.3) is 0 Å². The van der Waals surface area contributed by atoms with Crippen molar-refractivity contribution in [3.63, 3.8) is 0 Å². The normalized spacial score (nSPS) is 31.6. The second kappa shape index (κ2) is 3.59. The molecule has 1 heteroatoms. The Hall–Kier alpha value is -0.820. The summed E-state index contributed by atoms with van der Waals surface area (Å²) in [5, 5.41) is 3.61. The summed E-state index contributed by atoms with van der Waals surface area (Å²) in [6.07, 6.45) is 2.72. The Morgan fingerprint density at radius 1 is 1.12 bits per heavy atom. The number of nitrogens with one attached hydrogen (secondary N) is 1. The molecular formula is C15H21N. The standard InChI is InChI=1S/C15H21N/c1-11-7-15(8-12(11)2)10-16-9-13-5-3-4-6-14(13)15/h3-6,11-12,16H,7-10H2,1-2H3/t11-,12-/m0/s1. The highest BCUT2D eigenvalue weighted by molar-refractivity contribution is 5.38. The van der Waals surface area contributed by atoms with E-state index in [0.717, 1.165) is 18.4 Å². The fourth-order valence-corrected chi connectivity index (χ4v) is 3.81. The van der Waals surface area contributed by atoms with Gasteiger partial charge in [0.2, 0.25) is 0 Å². The molecule has 1 heterocycles. The Morgan fingerprint density at radius 2 is 1.81 bits per heavy atom. The molecular weight excluding hydrogens is 194 g/mol. The predicted molar refractivity (Wildman–Crippen MR) is 67.4 cm³/mol. The lowest BCUT2D eigenvalue weighted by atomic mass is 9.74. The molecule has 0 saturated heterocycles. The number of hydrogen-bond donors (Lipinski definition) is 1. The van der Waals surface area contributed by atoms with Crippen LogP contribution in [-0.4, -0.2) is 6.54 Å². The average Bonchev–Trinajstić information content (AvgIpc) is 2.56. The minimum Gasteiger partial charge on any atom is -0.312 e. The van der Waals surface area contributed by atoms with Gasteiger partial charge in [0, 0.05) is 18.5 Å². The van der Waals surface area contributed by atoms with Crippen LogP contribution in [0, 0.1) is 11.8 Å². The first kappa shape index (κ1) is 10.3. The molecule has 0 aromatic heterocycles. The molecule has 0 radical (unpaired) electrons. The molecule has 0 bridgehead atoms. The average molecular weight is 215 g/mol. The quantitative estimate of drug-likeness (QED) is 0.701. The first-order valence-corrected chi connectivity index (χ1v) is 6.50. The van der Waals surface area contributed by atoms with Crippen LogP contribution in [0.1, 0.15) is 37.8 Å². The van der Waals surface area contributed by atoms with Gasteiger partial charge in [-0.1, -0.05) is 38.1 Å². The molecule has 1 aromatic carbocycles. The maximum absolute atomic E-state index is 3.61. The monoisotopic (exact) mass is 215 g/mol. The molecule has 1 spiro atoms. The zero-order valence-electron chi connectivity index (χ0n) is 10.3. The van der Waals surface area contributed by atoms with Gasteiger partial charge in [-0.05, 0) is 35.8 Å². The molecule has 1 aliphatic heterocycles. The molecule has 1 nitrogen and oxygen atoms in total. The summed E-state index contributed by atoms with van der Waals surface area (Å²) in [7, 11) is 0. The molecule has 0 unspecified atom stereocenters. The summed E-state index contributed by atoms with van der Waals surface area (Å²) in [5.41, 5.74) is 3.59. The first-order valence-electron chi connectivity index (χ1n) is 6.50. The molecule has 2 aliphatic rings. The third-order valence-electron chi connectivity index (χ3n) is 4.76. The van der Waals surface area contributed by atoms with Crippen molar-refractivity contribution in [2.75, 3.05) is 6.54 Å². The van der Waals surface area contributed by atoms with Crippen LogP contribution in [0.3, 0.4) is 0 Å². The number of benzene rings is 1. The van der Waals surface area contributed by atoms with Gasteiger partial charge >= 0.3 is 0 Å². The SMILES string of the molecule is C[C@H]1CC2(CNCc3ccccc32)C[C@@H]1C. The fourth-order valence-electron chi connectivity index (χ4n) is 3.81. The van der Waals surface area contributed by atoms with E-state index < -0.39 is 0 Å². The molecule has 2 atom stereocenters. The van der Waals surface area contributed by atoms with Gasteiger partial charge in [0.25, 0.3) is 0 Å². The smallest absolute Gasteiger partial charge is 0.0208 e. The fraction of sp³-hybridized carbons (Fsp3) is 0.600. The Kier molecular flexibility index (Phi) is 2.32. The Morgan fingerprint density at radius 3 is 2.56 bits per heavy atom. The van der Waals surface area contributed by atoms with Crippen molar-refractivity contribution in [3.05, 3.63) is 35.4 Å². The van der Waals surface area contributed by atoms with Gasteiger partial charge in [-0.15, -0.1) is 0 Å². The van der Waals surface area contributed by atoms with Crippen molar-refractivity contribution in [2.24, 2.45) is 11.8 Å². The Labute approximate surface area is 98.3 Å². The predicted octanol–water partition coefficient (Wildman–Crippen LogP) is 3.09. The zero-order valence-corrected chi connectivity index (χ0v) is 10.3. The summed E-state index contributed by atoms with van der Waals surface area (Å²) in [4.78, 5) is 0. The van der Waals surface area contributed by atoms with Crippen LogP contribution in [0.2, 0.25) is 0 Å². The maximum Gasteiger partial charge on any atom is 0.0208 e. The topological polar surface area (TPSA) is 12.0 Å².